The second-order valence-corrected chi connectivity index (χ2v) is 12.2. The molecule has 4 rings (SSSR count). The number of anilines is 5. The topological polar surface area (TPSA) is 182 Å². The van der Waals surface area contributed by atoms with Gasteiger partial charge in [0.15, 0.2) is 5.82 Å². The summed E-state index contributed by atoms with van der Waals surface area (Å²) in [7, 11) is 0. The van der Waals surface area contributed by atoms with E-state index in [4.69, 9.17) is 51.9 Å². The smallest absolute Gasteiger partial charge is 0.250 e. The van der Waals surface area contributed by atoms with Crippen molar-refractivity contribution < 1.29 is 8.78 Å². The molecule has 40 heavy (non-hydrogen) atoms. The largest absolute Gasteiger partial charge is 0.396 e. The number of nitrogens with two attached hydrogens (primary N) is 5. The maximum Gasteiger partial charge on any atom is 0.250 e. The molecular weight excluding hydrogens is 925 g/mol. The van der Waals surface area contributed by atoms with E-state index in [0.717, 1.165) is 33.5 Å². The number of aryl methyl sites for hydroxylation is 3. The monoisotopic (exact) mass is 945 g/mol. The van der Waals surface area contributed by atoms with Gasteiger partial charge < -0.3 is 28.7 Å². The van der Waals surface area contributed by atoms with E-state index in [1.807, 2.05) is 26.0 Å². The highest BCUT2D eigenvalue weighted by molar-refractivity contribution is 14.1. The maximum absolute atomic E-state index is 12.3. The van der Waals surface area contributed by atoms with Crippen molar-refractivity contribution in [3.63, 3.8) is 0 Å². The first-order valence-electron chi connectivity index (χ1n) is 10.6. The second-order valence-electron chi connectivity index (χ2n) is 7.62. The Morgan fingerprint density at radius 2 is 1.20 bits per heavy atom. The van der Waals surface area contributed by atoms with Gasteiger partial charge in [-0.05, 0) is 139 Å². The van der Waals surface area contributed by atoms with E-state index >= 15 is 0 Å². The highest BCUT2D eigenvalue weighted by Crippen LogP contribution is 2.24. The molecule has 0 aromatic carbocycles. The Hall–Kier alpha value is -1.54. The van der Waals surface area contributed by atoms with E-state index in [1.165, 1.54) is 0 Å². The van der Waals surface area contributed by atoms with Gasteiger partial charge in [-0.25, -0.2) is 24.3 Å². The summed E-state index contributed by atoms with van der Waals surface area (Å²) >= 11 is 22.0. The van der Waals surface area contributed by atoms with Crippen molar-refractivity contribution in [1.82, 2.24) is 19.9 Å². The van der Waals surface area contributed by atoms with Crippen LogP contribution < -0.4 is 28.7 Å². The average Bonchev–Trinajstić information content (AvgIpc) is 2.85. The van der Waals surface area contributed by atoms with Crippen molar-refractivity contribution >= 4 is 129 Å². The molecule has 4 heterocycles. The zero-order chi connectivity index (χ0) is 30.9. The van der Waals surface area contributed by atoms with Gasteiger partial charge in [-0.15, -0.1) is 0 Å². The van der Waals surface area contributed by atoms with Gasteiger partial charge in [0, 0.05) is 3.57 Å². The SMILES string of the molecule is Cc1cc(Br)c(Br)nc1N.Cc1cc(Cl)c(Cl)nc1N.Cc1cc(F)c(F)nc1N.Nc1cc(I)c(I)nc1N. The van der Waals surface area contributed by atoms with E-state index in [9.17, 15) is 8.78 Å². The van der Waals surface area contributed by atoms with Crippen LogP contribution in [0.5, 0.6) is 0 Å². The lowest BCUT2D eigenvalue weighted by Crippen LogP contribution is -2.00. The summed E-state index contributed by atoms with van der Waals surface area (Å²) in [4.78, 5) is 14.9. The summed E-state index contributed by atoms with van der Waals surface area (Å²) in [5, 5.41) is 0.693. The minimum atomic E-state index is -1.15. The van der Waals surface area contributed by atoms with Gasteiger partial charge >= 0.3 is 0 Å². The summed E-state index contributed by atoms with van der Waals surface area (Å²) < 4.78 is 28.1. The first-order valence-corrected chi connectivity index (χ1v) is 15.1. The first-order chi connectivity index (χ1) is 18.4. The number of nitrogen functional groups attached to an aromatic ring is 5. The van der Waals surface area contributed by atoms with Gasteiger partial charge in [-0.1, -0.05) is 23.2 Å². The first kappa shape index (κ1) is 36.5. The molecule has 4 aromatic rings. The molecule has 4 aromatic heterocycles. The summed E-state index contributed by atoms with van der Waals surface area (Å²) in [6.07, 6.45) is 0. The fourth-order valence-corrected chi connectivity index (χ4v) is 4.17. The van der Waals surface area contributed by atoms with Gasteiger partial charge in [0.2, 0.25) is 0 Å². The number of hydrogen-bond acceptors (Lipinski definition) is 9. The molecule has 0 aliphatic heterocycles. The number of rotatable bonds is 0. The van der Waals surface area contributed by atoms with Crippen LogP contribution in [0.2, 0.25) is 10.2 Å². The van der Waals surface area contributed by atoms with Crippen LogP contribution in [0, 0.1) is 39.8 Å². The minimum absolute atomic E-state index is 0.0268. The molecule has 17 heteroatoms. The third-order valence-electron chi connectivity index (χ3n) is 4.48. The number of aromatic nitrogens is 4. The van der Waals surface area contributed by atoms with Gasteiger partial charge in [0.05, 0.1) is 15.2 Å². The van der Waals surface area contributed by atoms with Crippen LogP contribution in [0.1, 0.15) is 16.7 Å². The Morgan fingerprint density at radius 3 is 1.70 bits per heavy atom. The Kier molecular flexibility index (Phi) is 15.3. The molecule has 0 aliphatic rings. The molecule has 0 atom stereocenters. The average molecular weight is 948 g/mol. The Bertz CT molecular complexity index is 1080. The van der Waals surface area contributed by atoms with Crippen LogP contribution in [0.25, 0.3) is 0 Å². The highest BCUT2D eigenvalue weighted by atomic mass is 127. The van der Waals surface area contributed by atoms with Gasteiger partial charge in [0.1, 0.15) is 36.7 Å². The Balaban J connectivity index is 0.000000267. The molecular formula is C23H23Br2Cl2F2I2N9. The van der Waals surface area contributed by atoms with E-state index in [0.29, 0.717) is 33.7 Å². The molecule has 10 N–H and O–H groups in total. The molecule has 0 amide bonds. The Morgan fingerprint density at radius 1 is 0.700 bits per heavy atom. The fraction of sp³-hybridized carbons (Fsp3) is 0.130. The van der Waals surface area contributed by atoms with Crippen LogP contribution in [0.15, 0.2) is 33.3 Å². The summed E-state index contributed by atoms with van der Waals surface area (Å²) in [5.74, 6) is -0.692. The van der Waals surface area contributed by atoms with Crippen LogP contribution >= 0.6 is 100 Å². The lowest BCUT2D eigenvalue weighted by molar-refractivity contribution is 0.480. The second kappa shape index (κ2) is 16.8. The molecule has 216 valence electrons. The molecule has 0 radical (unpaired) electrons. The fourth-order valence-electron chi connectivity index (χ4n) is 2.21. The van der Waals surface area contributed by atoms with Crippen LogP contribution in [-0.4, -0.2) is 19.9 Å². The lowest BCUT2D eigenvalue weighted by Gasteiger charge is -2.00. The summed E-state index contributed by atoms with van der Waals surface area (Å²) in [5.41, 5.74) is 29.9. The van der Waals surface area contributed by atoms with E-state index in [1.54, 1.807) is 13.0 Å². The summed E-state index contributed by atoms with van der Waals surface area (Å²) in [6, 6.07) is 6.43. The lowest BCUT2D eigenvalue weighted by atomic mass is 10.3. The van der Waals surface area contributed by atoms with Crippen molar-refractivity contribution in [3.05, 3.63) is 79.2 Å². The van der Waals surface area contributed by atoms with Crippen molar-refractivity contribution in [3.8, 4) is 0 Å². The summed E-state index contributed by atoms with van der Waals surface area (Å²) in [6.45, 7) is 5.30. The van der Waals surface area contributed by atoms with Crippen LogP contribution in [0.4, 0.5) is 37.7 Å². The molecule has 9 nitrogen and oxygen atoms in total. The van der Waals surface area contributed by atoms with E-state index in [-0.39, 0.29) is 11.0 Å². The Labute approximate surface area is 283 Å². The van der Waals surface area contributed by atoms with Gasteiger partial charge in [0.25, 0.3) is 5.95 Å². The van der Waals surface area contributed by atoms with Crippen molar-refractivity contribution in [2.45, 2.75) is 20.8 Å². The normalized spacial score (nSPS) is 9.88. The zero-order valence-corrected chi connectivity index (χ0v) is 30.0. The van der Waals surface area contributed by atoms with Crippen molar-refractivity contribution in [2.75, 3.05) is 28.7 Å². The van der Waals surface area contributed by atoms with Crippen molar-refractivity contribution in [1.29, 1.82) is 0 Å². The molecule has 0 fully saturated rings. The standard InChI is InChI=1S/C6H6Br2N2.C6H6Cl2N2.C6H6F2N2.C5H5I2N3/c3*1-3-2-4(7)5(8)10-6(3)9;6-2-1-3(8)5(9)10-4(2)7/h3*2H,1H3,(H2,9,10);1H,8H2,(H2,9,10). The minimum Gasteiger partial charge on any atom is -0.396 e. The predicted molar refractivity (Wildman–Crippen MR) is 184 cm³/mol. The number of pyridine rings is 4. The highest BCUT2D eigenvalue weighted by Gasteiger charge is 2.05. The molecule has 0 saturated carbocycles. The molecule has 0 aliphatic carbocycles. The number of nitrogens with zero attached hydrogens (tertiary/aromatic N) is 4. The predicted octanol–water partition coefficient (Wildman–Crippen LogP) is 7.48. The van der Waals surface area contributed by atoms with Gasteiger partial charge in [-0.3, -0.25) is 0 Å². The third-order valence-corrected chi connectivity index (χ3v) is 9.57. The van der Waals surface area contributed by atoms with Crippen molar-refractivity contribution in [2.24, 2.45) is 0 Å². The van der Waals surface area contributed by atoms with Crippen LogP contribution in [-0.2, 0) is 0 Å². The van der Waals surface area contributed by atoms with E-state index < -0.39 is 11.8 Å². The number of halogens is 8. The van der Waals surface area contributed by atoms with E-state index in [2.05, 4.69) is 97.0 Å². The molecule has 0 spiro atoms. The quantitative estimate of drug-likeness (QED) is 0.0882. The van der Waals surface area contributed by atoms with Gasteiger partial charge in [-0.2, -0.15) is 4.39 Å². The third kappa shape index (κ3) is 11.8. The molecule has 0 saturated heterocycles. The molecule has 0 bridgehead atoms. The maximum atomic E-state index is 12.3. The van der Waals surface area contributed by atoms with Crippen LogP contribution in [0.3, 0.4) is 0 Å². The zero-order valence-electron chi connectivity index (χ0n) is 21.0. The number of hydrogen-bond donors (Lipinski definition) is 5. The molecule has 0 unspecified atom stereocenters.